The summed E-state index contributed by atoms with van der Waals surface area (Å²) in [6.07, 6.45) is 0. The first-order valence-electron chi connectivity index (χ1n) is 6.39. The lowest BCUT2D eigenvalue weighted by Crippen LogP contribution is -2.14. The normalized spacial score (nSPS) is 10.4. The van der Waals surface area contributed by atoms with Crippen molar-refractivity contribution in [3.05, 3.63) is 40.2 Å². The van der Waals surface area contributed by atoms with Crippen molar-refractivity contribution >= 4 is 17.3 Å². The van der Waals surface area contributed by atoms with Crippen LogP contribution in [0.3, 0.4) is 0 Å². The molecule has 8 heteroatoms. The first-order valence-corrected chi connectivity index (χ1v) is 6.39. The molecule has 2 aromatic rings. The summed E-state index contributed by atoms with van der Waals surface area (Å²) in [5.74, 6) is 1.46. The fourth-order valence-corrected chi connectivity index (χ4v) is 1.82. The molecule has 0 spiro atoms. The van der Waals surface area contributed by atoms with Gasteiger partial charge in [0.1, 0.15) is 12.4 Å². The van der Waals surface area contributed by atoms with E-state index < -0.39 is 4.92 Å². The molecule has 0 amide bonds. The summed E-state index contributed by atoms with van der Waals surface area (Å²) in [6.45, 7) is 2.50. The molecule has 0 bridgehead atoms. The van der Waals surface area contributed by atoms with Gasteiger partial charge in [-0.3, -0.25) is 4.57 Å². The van der Waals surface area contributed by atoms with Crippen LogP contribution in [-0.4, -0.2) is 27.6 Å². The lowest BCUT2D eigenvalue weighted by Gasteiger charge is -2.09. The highest BCUT2D eigenvalue weighted by atomic mass is 16.6. The van der Waals surface area contributed by atoms with Crippen molar-refractivity contribution in [1.29, 1.82) is 0 Å². The highest BCUT2D eigenvalue weighted by Crippen LogP contribution is 2.23. The average Bonchev–Trinajstić information content (AvgIpc) is 2.73. The van der Waals surface area contributed by atoms with Crippen LogP contribution in [0.5, 0.6) is 5.75 Å². The van der Waals surface area contributed by atoms with E-state index in [-0.39, 0.29) is 5.82 Å². The lowest BCUT2D eigenvalue weighted by molar-refractivity contribution is -0.388. The van der Waals surface area contributed by atoms with Crippen molar-refractivity contribution in [2.75, 3.05) is 24.2 Å². The number of nitrogen functional groups attached to an aromatic ring is 1. The molecule has 1 aromatic heterocycles. The maximum atomic E-state index is 10.9. The van der Waals surface area contributed by atoms with Gasteiger partial charge in [0, 0.05) is 19.7 Å². The first kappa shape index (κ1) is 14.6. The van der Waals surface area contributed by atoms with Crippen LogP contribution >= 0.6 is 0 Å². The molecule has 0 unspecified atom stereocenters. The molecule has 21 heavy (non-hydrogen) atoms. The Morgan fingerprint density at radius 2 is 2.10 bits per heavy atom. The van der Waals surface area contributed by atoms with E-state index in [0.717, 1.165) is 0 Å². The van der Waals surface area contributed by atoms with E-state index in [9.17, 15) is 10.1 Å². The Hall–Kier alpha value is -2.77. The van der Waals surface area contributed by atoms with E-state index in [1.165, 1.54) is 0 Å². The summed E-state index contributed by atoms with van der Waals surface area (Å²) in [4.78, 5) is 14.3. The molecule has 3 N–H and O–H groups in total. The van der Waals surface area contributed by atoms with E-state index >= 15 is 0 Å². The second-order valence-corrected chi connectivity index (χ2v) is 4.49. The van der Waals surface area contributed by atoms with E-state index in [0.29, 0.717) is 36.2 Å². The summed E-state index contributed by atoms with van der Waals surface area (Å²) in [6, 6.07) is 7.04. The number of imidazole rings is 1. The predicted octanol–water partition coefficient (Wildman–Crippen LogP) is 1.71. The monoisotopic (exact) mass is 291 g/mol. The molecule has 112 valence electrons. The van der Waals surface area contributed by atoms with Gasteiger partial charge in [-0.1, -0.05) is 0 Å². The Balaban J connectivity index is 1.92. The Labute approximate surface area is 121 Å². The van der Waals surface area contributed by atoms with E-state index in [2.05, 4.69) is 10.3 Å². The zero-order valence-corrected chi connectivity index (χ0v) is 11.9. The van der Waals surface area contributed by atoms with Crippen LogP contribution < -0.4 is 15.8 Å². The zero-order valence-electron chi connectivity index (χ0n) is 11.9. The van der Waals surface area contributed by atoms with Crippen LogP contribution in [0.2, 0.25) is 0 Å². The summed E-state index contributed by atoms with van der Waals surface area (Å²) in [5, 5.41) is 13.9. The van der Waals surface area contributed by atoms with E-state index in [4.69, 9.17) is 10.5 Å². The number of nitrogens with two attached hydrogens (primary N) is 1. The second kappa shape index (κ2) is 6.12. The number of nitrogens with one attached hydrogen (secondary N) is 1. The summed E-state index contributed by atoms with van der Waals surface area (Å²) < 4.78 is 7.15. The van der Waals surface area contributed by atoms with Gasteiger partial charge in [-0.15, -0.1) is 0 Å². The fraction of sp³-hybridized carbons (Fsp3) is 0.308. The highest BCUT2D eigenvalue weighted by Gasteiger charge is 2.22. The molecule has 8 nitrogen and oxygen atoms in total. The van der Waals surface area contributed by atoms with Crippen molar-refractivity contribution < 1.29 is 9.66 Å². The van der Waals surface area contributed by atoms with Gasteiger partial charge in [0.2, 0.25) is 11.6 Å². The quantitative estimate of drug-likeness (QED) is 0.363. The number of nitrogens with zero attached hydrogens (tertiary/aromatic N) is 3. The number of hydrogen-bond donors (Lipinski definition) is 2. The molecule has 1 aromatic carbocycles. The highest BCUT2D eigenvalue weighted by molar-refractivity contribution is 5.53. The van der Waals surface area contributed by atoms with Crippen LogP contribution in [-0.2, 0) is 7.05 Å². The number of hydrogen-bond acceptors (Lipinski definition) is 6. The van der Waals surface area contributed by atoms with Gasteiger partial charge in [0.25, 0.3) is 0 Å². The van der Waals surface area contributed by atoms with Crippen LogP contribution in [0.15, 0.2) is 24.3 Å². The molecule has 0 aliphatic heterocycles. The third-order valence-corrected chi connectivity index (χ3v) is 3.02. The summed E-state index contributed by atoms with van der Waals surface area (Å²) in [7, 11) is 1.72. The van der Waals surface area contributed by atoms with Gasteiger partial charge in [0.15, 0.2) is 0 Å². The molecule has 0 atom stereocenters. The standard InChI is InChI=1S/C13H17N5O3/c1-9-16-13(18(19)20)12(17(9)2)15-7-8-21-11-5-3-10(14)4-6-11/h3-6,15H,7-8,14H2,1-2H3. The van der Waals surface area contributed by atoms with Crippen LogP contribution in [0, 0.1) is 17.0 Å². The third-order valence-electron chi connectivity index (χ3n) is 3.02. The first-order chi connectivity index (χ1) is 9.99. The van der Waals surface area contributed by atoms with Crippen molar-refractivity contribution in [1.82, 2.24) is 9.55 Å². The maximum Gasteiger partial charge on any atom is 0.406 e. The van der Waals surface area contributed by atoms with Gasteiger partial charge in [-0.25, -0.2) is 0 Å². The molecule has 0 saturated heterocycles. The Morgan fingerprint density at radius 1 is 1.43 bits per heavy atom. The summed E-state index contributed by atoms with van der Waals surface area (Å²) in [5.41, 5.74) is 6.25. The molecular weight excluding hydrogens is 274 g/mol. The number of nitro groups is 1. The number of anilines is 2. The second-order valence-electron chi connectivity index (χ2n) is 4.49. The molecule has 0 aliphatic rings. The molecule has 0 fully saturated rings. The topological polar surface area (TPSA) is 108 Å². The van der Waals surface area contributed by atoms with E-state index in [1.807, 2.05) is 0 Å². The van der Waals surface area contributed by atoms with Gasteiger partial charge < -0.3 is 25.9 Å². The van der Waals surface area contributed by atoms with Crippen molar-refractivity contribution in [2.24, 2.45) is 7.05 Å². The number of rotatable bonds is 6. The SMILES string of the molecule is Cc1nc([N+](=O)[O-])c(NCCOc2ccc(N)cc2)n1C. The minimum absolute atomic E-state index is 0.178. The van der Waals surface area contributed by atoms with Gasteiger partial charge >= 0.3 is 5.82 Å². The molecule has 0 radical (unpaired) electrons. The van der Waals surface area contributed by atoms with Crippen LogP contribution in [0.4, 0.5) is 17.3 Å². The molecule has 0 aliphatic carbocycles. The van der Waals surface area contributed by atoms with Crippen LogP contribution in [0.1, 0.15) is 5.82 Å². The Morgan fingerprint density at radius 3 is 2.71 bits per heavy atom. The molecule has 0 saturated carbocycles. The molecule has 1 heterocycles. The maximum absolute atomic E-state index is 10.9. The fourth-order valence-electron chi connectivity index (χ4n) is 1.82. The van der Waals surface area contributed by atoms with Gasteiger partial charge in [0.05, 0.1) is 6.54 Å². The van der Waals surface area contributed by atoms with Crippen molar-refractivity contribution in [2.45, 2.75) is 6.92 Å². The van der Waals surface area contributed by atoms with E-state index in [1.54, 1.807) is 42.8 Å². The third kappa shape index (κ3) is 3.41. The smallest absolute Gasteiger partial charge is 0.406 e. The minimum Gasteiger partial charge on any atom is -0.492 e. The lowest BCUT2D eigenvalue weighted by atomic mass is 10.3. The van der Waals surface area contributed by atoms with Gasteiger partial charge in [-0.2, -0.15) is 0 Å². The Kier molecular flexibility index (Phi) is 4.27. The van der Waals surface area contributed by atoms with Crippen molar-refractivity contribution in [3.8, 4) is 5.75 Å². The average molecular weight is 291 g/mol. The number of aromatic nitrogens is 2. The number of ether oxygens (including phenoxy) is 1. The molecular formula is C13H17N5O3. The Bertz CT molecular complexity index is 636. The number of benzene rings is 1. The largest absolute Gasteiger partial charge is 0.492 e. The minimum atomic E-state index is -0.504. The number of aryl methyl sites for hydroxylation is 1. The van der Waals surface area contributed by atoms with Gasteiger partial charge in [-0.05, 0) is 34.2 Å². The summed E-state index contributed by atoms with van der Waals surface area (Å²) >= 11 is 0. The predicted molar refractivity (Wildman–Crippen MR) is 79.4 cm³/mol. The van der Waals surface area contributed by atoms with Crippen molar-refractivity contribution in [3.63, 3.8) is 0 Å². The zero-order chi connectivity index (χ0) is 15.4. The molecule has 2 rings (SSSR count). The van der Waals surface area contributed by atoms with Crippen LogP contribution in [0.25, 0.3) is 0 Å².